The average molecular weight is 266 g/mol. The quantitative estimate of drug-likeness (QED) is 0.708. The summed E-state index contributed by atoms with van der Waals surface area (Å²) in [7, 11) is 0. The number of nitrogens with zero attached hydrogens (tertiary/aromatic N) is 2. The molecular formula is C15H14N4O. The monoisotopic (exact) mass is 266 g/mol. The van der Waals surface area contributed by atoms with Crippen molar-refractivity contribution < 1.29 is 4.79 Å². The number of aromatic nitrogens is 2. The highest BCUT2D eigenvalue weighted by molar-refractivity contribution is 6.04. The van der Waals surface area contributed by atoms with E-state index in [0.29, 0.717) is 12.2 Å². The van der Waals surface area contributed by atoms with Crippen LogP contribution < -0.4 is 11.5 Å². The first-order chi connectivity index (χ1) is 9.66. The number of carbonyl (C=O) groups excluding carboxylic acids is 1. The van der Waals surface area contributed by atoms with E-state index in [4.69, 9.17) is 11.5 Å². The molecule has 5 heteroatoms. The second-order valence-electron chi connectivity index (χ2n) is 4.59. The molecule has 0 saturated carbocycles. The van der Waals surface area contributed by atoms with E-state index in [2.05, 4.69) is 5.10 Å². The fourth-order valence-corrected chi connectivity index (χ4v) is 2.27. The maximum absolute atomic E-state index is 11.5. The van der Waals surface area contributed by atoms with Gasteiger partial charge >= 0.3 is 0 Å². The molecule has 0 bridgehead atoms. The zero-order chi connectivity index (χ0) is 14.1. The Morgan fingerprint density at radius 3 is 2.55 bits per heavy atom. The van der Waals surface area contributed by atoms with Gasteiger partial charge in [-0.05, 0) is 17.7 Å². The second kappa shape index (κ2) is 4.70. The van der Waals surface area contributed by atoms with Gasteiger partial charge in [-0.15, -0.1) is 0 Å². The lowest BCUT2D eigenvalue weighted by Gasteiger charge is -2.06. The Morgan fingerprint density at radius 2 is 1.80 bits per heavy atom. The molecular weight excluding hydrogens is 252 g/mol. The smallest absolute Gasteiger partial charge is 0.269 e. The van der Waals surface area contributed by atoms with Crippen LogP contribution in [0, 0.1) is 0 Å². The Bertz CT molecular complexity index is 791. The summed E-state index contributed by atoms with van der Waals surface area (Å²) in [6, 6.07) is 15.1. The van der Waals surface area contributed by atoms with Gasteiger partial charge in [0.25, 0.3) is 5.91 Å². The Hall–Kier alpha value is -2.82. The number of nitrogen functional groups attached to an aromatic ring is 1. The number of anilines is 1. The highest BCUT2D eigenvalue weighted by Gasteiger charge is 2.14. The highest BCUT2D eigenvalue weighted by atomic mass is 16.1. The van der Waals surface area contributed by atoms with Gasteiger partial charge in [-0.25, -0.2) is 0 Å². The lowest BCUT2D eigenvalue weighted by molar-refractivity contribution is 0.0996. The van der Waals surface area contributed by atoms with Gasteiger partial charge in [-0.2, -0.15) is 5.10 Å². The molecule has 2 aromatic carbocycles. The summed E-state index contributed by atoms with van der Waals surface area (Å²) in [5, 5.41) is 5.07. The molecule has 0 radical (unpaired) electrons. The van der Waals surface area contributed by atoms with Crippen LogP contribution in [0.15, 0.2) is 48.5 Å². The number of para-hydroxylation sites is 2. The Morgan fingerprint density at radius 1 is 1.10 bits per heavy atom. The molecule has 0 atom stereocenters. The minimum Gasteiger partial charge on any atom is -0.398 e. The summed E-state index contributed by atoms with van der Waals surface area (Å²) in [6.07, 6.45) is 0. The summed E-state index contributed by atoms with van der Waals surface area (Å²) in [6.45, 7) is 0.500. The maximum Gasteiger partial charge on any atom is 0.269 e. The molecule has 20 heavy (non-hydrogen) atoms. The number of rotatable bonds is 3. The zero-order valence-electron chi connectivity index (χ0n) is 10.8. The Labute approximate surface area is 115 Å². The second-order valence-corrected chi connectivity index (χ2v) is 4.59. The average Bonchev–Trinajstić information content (AvgIpc) is 2.81. The van der Waals surface area contributed by atoms with E-state index in [1.165, 1.54) is 0 Å². The normalized spacial score (nSPS) is 10.8. The summed E-state index contributed by atoms with van der Waals surface area (Å²) in [5.41, 5.74) is 14.1. The van der Waals surface area contributed by atoms with Crippen molar-refractivity contribution in [2.75, 3.05) is 5.73 Å². The first-order valence-electron chi connectivity index (χ1n) is 6.25. The molecule has 0 unspecified atom stereocenters. The van der Waals surface area contributed by atoms with Crippen LogP contribution in [0.1, 0.15) is 16.1 Å². The molecule has 0 saturated heterocycles. The molecule has 3 aromatic rings. The van der Waals surface area contributed by atoms with E-state index < -0.39 is 5.91 Å². The minimum absolute atomic E-state index is 0.287. The fourth-order valence-electron chi connectivity index (χ4n) is 2.27. The number of hydrogen-bond donors (Lipinski definition) is 2. The summed E-state index contributed by atoms with van der Waals surface area (Å²) < 4.78 is 1.75. The van der Waals surface area contributed by atoms with Crippen molar-refractivity contribution in [3.63, 3.8) is 0 Å². The molecule has 5 nitrogen and oxygen atoms in total. The first kappa shape index (κ1) is 12.2. The molecule has 0 spiro atoms. The van der Waals surface area contributed by atoms with E-state index in [9.17, 15) is 4.79 Å². The van der Waals surface area contributed by atoms with Gasteiger partial charge in [-0.3, -0.25) is 9.48 Å². The van der Waals surface area contributed by atoms with Crippen molar-refractivity contribution in [1.82, 2.24) is 9.78 Å². The molecule has 0 fully saturated rings. The molecule has 100 valence electrons. The topological polar surface area (TPSA) is 86.9 Å². The minimum atomic E-state index is -0.527. The third-order valence-electron chi connectivity index (χ3n) is 3.27. The standard InChI is InChI=1S/C15H14N4O/c16-12-7-3-1-5-10(12)9-19-13-8-4-2-6-11(13)14(18-19)15(17)20/h1-8H,9,16H2,(H2,17,20). The van der Waals surface area contributed by atoms with Crippen molar-refractivity contribution in [2.45, 2.75) is 6.54 Å². The van der Waals surface area contributed by atoms with Crippen molar-refractivity contribution in [1.29, 1.82) is 0 Å². The third-order valence-corrected chi connectivity index (χ3v) is 3.27. The molecule has 1 heterocycles. The number of fused-ring (bicyclic) bond motifs is 1. The Kier molecular flexibility index (Phi) is 2.87. The summed E-state index contributed by atoms with van der Waals surface area (Å²) in [5.74, 6) is -0.527. The van der Waals surface area contributed by atoms with Crippen LogP contribution >= 0.6 is 0 Å². The van der Waals surface area contributed by atoms with Crippen LogP contribution in [0.4, 0.5) is 5.69 Å². The van der Waals surface area contributed by atoms with Crippen LogP contribution in [0.25, 0.3) is 10.9 Å². The summed E-state index contributed by atoms with van der Waals surface area (Å²) >= 11 is 0. The number of hydrogen-bond acceptors (Lipinski definition) is 3. The van der Waals surface area contributed by atoms with Gasteiger partial charge in [0.1, 0.15) is 0 Å². The first-order valence-corrected chi connectivity index (χ1v) is 6.25. The van der Waals surface area contributed by atoms with E-state index in [1.807, 2.05) is 48.5 Å². The molecule has 1 amide bonds. The van der Waals surface area contributed by atoms with Gasteiger partial charge in [-0.1, -0.05) is 36.4 Å². The molecule has 1 aromatic heterocycles. The fraction of sp³-hybridized carbons (Fsp3) is 0.0667. The van der Waals surface area contributed by atoms with E-state index in [0.717, 1.165) is 16.5 Å². The van der Waals surface area contributed by atoms with Gasteiger partial charge in [0.15, 0.2) is 5.69 Å². The van der Waals surface area contributed by atoms with Crippen molar-refractivity contribution >= 4 is 22.5 Å². The molecule has 0 aliphatic heterocycles. The molecule has 0 aliphatic carbocycles. The van der Waals surface area contributed by atoms with Crippen molar-refractivity contribution in [3.05, 3.63) is 59.8 Å². The van der Waals surface area contributed by atoms with Gasteiger partial charge in [0.05, 0.1) is 12.1 Å². The van der Waals surface area contributed by atoms with E-state index >= 15 is 0 Å². The van der Waals surface area contributed by atoms with Crippen LogP contribution in [-0.2, 0) is 6.54 Å². The largest absolute Gasteiger partial charge is 0.398 e. The van der Waals surface area contributed by atoms with Crippen LogP contribution in [0.5, 0.6) is 0 Å². The highest BCUT2D eigenvalue weighted by Crippen LogP contribution is 2.20. The van der Waals surface area contributed by atoms with E-state index in [-0.39, 0.29) is 5.69 Å². The van der Waals surface area contributed by atoms with Crippen molar-refractivity contribution in [2.24, 2.45) is 5.73 Å². The van der Waals surface area contributed by atoms with Gasteiger partial charge in [0.2, 0.25) is 0 Å². The SMILES string of the molecule is NC(=O)c1nn(Cc2ccccc2N)c2ccccc12. The third kappa shape index (κ3) is 1.99. The molecule has 3 rings (SSSR count). The molecule has 0 aliphatic rings. The van der Waals surface area contributed by atoms with Crippen LogP contribution in [-0.4, -0.2) is 15.7 Å². The lowest BCUT2D eigenvalue weighted by Crippen LogP contribution is -2.13. The van der Waals surface area contributed by atoms with Crippen LogP contribution in [0.2, 0.25) is 0 Å². The Balaban J connectivity index is 2.13. The predicted octanol–water partition coefficient (Wildman–Crippen LogP) is 1.77. The van der Waals surface area contributed by atoms with Crippen molar-refractivity contribution in [3.8, 4) is 0 Å². The lowest BCUT2D eigenvalue weighted by atomic mass is 10.1. The van der Waals surface area contributed by atoms with Crippen LogP contribution in [0.3, 0.4) is 0 Å². The number of benzene rings is 2. The van der Waals surface area contributed by atoms with E-state index in [1.54, 1.807) is 4.68 Å². The van der Waals surface area contributed by atoms with Gasteiger partial charge in [0, 0.05) is 11.1 Å². The zero-order valence-corrected chi connectivity index (χ0v) is 10.8. The number of nitrogens with two attached hydrogens (primary N) is 2. The van der Waals surface area contributed by atoms with Gasteiger partial charge < -0.3 is 11.5 Å². The number of carbonyl (C=O) groups is 1. The molecule has 4 N–H and O–H groups in total. The number of primary amides is 1. The number of amides is 1. The maximum atomic E-state index is 11.5. The summed E-state index contributed by atoms with van der Waals surface area (Å²) in [4.78, 5) is 11.5. The predicted molar refractivity (Wildman–Crippen MR) is 78.2 cm³/mol.